The number of hydrogen-bond acceptors (Lipinski definition) is 4. The second kappa shape index (κ2) is 8.14. The predicted molar refractivity (Wildman–Crippen MR) is 139 cm³/mol. The number of fused-ring (bicyclic) bond motifs is 1. The van der Waals surface area contributed by atoms with E-state index < -0.39 is 0 Å². The lowest BCUT2D eigenvalue weighted by Gasteiger charge is -2.28. The Bertz CT molecular complexity index is 1340. The maximum Gasteiger partial charge on any atom is 0.129 e. The van der Waals surface area contributed by atoms with Crippen molar-refractivity contribution < 1.29 is 9.47 Å². The minimum atomic E-state index is -0.149. The number of hydrogen-bond donors (Lipinski definition) is 2. The van der Waals surface area contributed by atoms with Crippen molar-refractivity contribution in [3.05, 3.63) is 108 Å². The Balaban J connectivity index is 1.46. The summed E-state index contributed by atoms with van der Waals surface area (Å²) in [5, 5.41) is 0. The van der Waals surface area contributed by atoms with Gasteiger partial charge in [0, 0.05) is 28.9 Å². The number of anilines is 2. The highest BCUT2D eigenvalue weighted by molar-refractivity contribution is 5.55. The summed E-state index contributed by atoms with van der Waals surface area (Å²) >= 11 is 0. The first-order valence-electron chi connectivity index (χ1n) is 11.6. The Morgan fingerprint density at radius 2 is 1.12 bits per heavy atom. The summed E-state index contributed by atoms with van der Waals surface area (Å²) in [7, 11) is 0. The molecule has 4 aromatic carbocycles. The molecular weight excluding hydrogens is 420 g/mol. The van der Waals surface area contributed by atoms with Crippen LogP contribution in [-0.4, -0.2) is 0 Å². The Kier molecular flexibility index (Phi) is 5.24. The monoisotopic (exact) mass is 450 g/mol. The van der Waals surface area contributed by atoms with Crippen LogP contribution in [0.1, 0.15) is 43.9 Å². The van der Waals surface area contributed by atoms with Gasteiger partial charge in [-0.15, -0.1) is 0 Å². The molecule has 0 heterocycles. The van der Waals surface area contributed by atoms with Crippen molar-refractivity contribution in [2.45, 2.75) is 38.0 Å². The quantitative estimate of drug-likeness (QED) is 0.310. The van der Waals surface area contributed by atoms with Gasteiger partial charge in [0.2, 0.25) is 0 Å². The van der Waals surface area contributed by atoms with Gasteiger partial charge in [0.25, 0.3) is 0 Å². The summed E-state index contributed by atoms with van der Waals surface area (Å²) in [6, 6.07) is 29.8. The summed E-state index contributed by atoms with van der Waals surface area (Å²) < 4.78 is 12.2. The average Bonchev–Trinajstić information content (AvgIpc) is 3.00. The maximum atomic E-state index is 6.17. The van der Waals surface area contributed by atoms with Gasteiger partial charge in [-0.3, -0.25) is 0 Å². The molecule has 0 radical (unpaired) electrons. The van der Waals surface area contributed by atoms with Gasteiger partial charge in [-0.25, -0.2) is 0 Å². The van der Waals surface area contributed by atoms with Crippen LogP contribution in [0.4, 0.5) is 11.4 Å². The lowest BCUT2D eigenvalue weighted by Crippen LogP contribution is -2.23. The Labute approximate surface area is 201 Å². The van der Waals surface area contributed by atoms with E-state index in [1.807, 2.05) is 60.7 Å². The Morgan fingerprint density at radius 1 is 0.588 bits per heavy atom. The molecule has 172 valence electrons. The molecule has 0 fully saturated rings. The van der Waals surface area contributed by atoms with Gasteiger partial charge in [-0.05, 0) is 77.1 Å². The van der Waals surface area contributed by atoms with Crippen LogP contribution in [0.3, 0.4) is 0 Å². The van der Waals surface area contributed by atoms with Crippen molar-refractivity contribution in [3.8, 4) is 23.0 Å². The highest BCUT2D eigenvalue weighted by Crippen LogP contribution is 2.53. The van der Waals surface area contributed by atoms with E-state index in [0.717, 1.165) is 29.4 Å². The smallest absolute Gasteiger partial charge is 0.129 e. The van der Waals surface area contributed by atoms with Crippen molar-refractivity contribution >= 4 is 11.4 Å². The van der Waals surface area contributed by atoms with Crippen molar-refractivity contribution in [3.63, 3.8) is 0 Å². The zero-order valence-corrected chi connectivity index (χ0v) is 19.8. The molecule has 1 atom stereocenters. The summed E-state index contributed by atoms with van der Waals surface area (Å²) in [5.74, 6) is 3.07. The van der Waals surface area contributed by atoms with Crippen LogP contribution in [0, 0.1) is 0 Å². The van der Waals surface area contributed by atoms with E-state index in [4.69, 9.17) is 20.9 Å². The predicted octanol–water partition coefficient (Wildman–Crippen LogP) is 7.42. The molecule has 0 bridgehead atoms. The number of rotatable bonds is 5. The minimum Gasteiger partial charge on any atom is -0.457 e. The molecule has 4 N–H and O–H groups in total. The molecular formula is C30H30N2O2. The molecule has 0 amide bonds. The van der Waals surface area contributed by atoms with Crippen LogP contribution in [0.2, 0.25) is 0 Å². The molecule has 5 rings (SSSR count). The van der Waals surface area contributed by atoms with E-state index in [9.17, 15) is 0 Å². The van der Waals surface area contributed by atoms with Crippen molar-refractivity contribution in [1.82, 2.24) is 0 Å². The Morgan fingerprint density at radius 3 is 1.71 bits per heavy atom. The van der Waals surface area contributed by atoms with Gasteiger partial charge in [-0.2, -0.15) is 0 Å². The zero-order valence-electron chi connectivity index (χ0n) is 19.8. The average molecular weight is 451 g/mol. The molecule has 0 aliphatic heterocycles. The number of nitrogen functional groups attached to an aromatic ring is 2. The molecule has 0 saturated carbocycles. The van der Waals surface area contributed by atoms with E-state index in [0.29, 0.717) is 11.4 Å². The second-order valence-corrected chi connectivity index (χ2v) is 9.97. The van der Waals surface area contributed by atoms with Gasteiger partial charge in [0.1, 0.15) is 23.0 Å². The van der Waals surface area contributed by atoms with Crippen molar-refractivity contribution in [2.24, 2.45) is 0 Å². The lowest BCUT2D eigenvalue weighted by molar-refractivity contribution is 0.423. The largest absolute Gasteiger partial charge is 0.457 e. The third-order valence-electron chi connectivity index (χ3n) is 6.79. The molecule has 34 heavy (non-hydrogen) atoms. The first kappa shape index (κ1) is 21.9. The third-order valence-corrected chi connectivity index (χ3v) is 6.79. The van der Waals surface area contributed by atoms with E-state index in [-0.39, 0.29) is 10.8 Å². The van der Waals surface area contributed by atoms with Crippen molar-refractivity contribution in [2.75, 3.05) is 11.5 Å². The normalized spacial score (nSPS) is 18.3. The van der Waals surface area contributed by atoms with Gasteiger partial charge in [-0.1, -0.05) is 51.1 Å². The molecule has 1 unspecified atom stereocenters. The molecule has 4 heteroatoms. The number of nitrogens with two attached hydrogens (primary N) is 2. The van der Waals surface area contributed by atoms with Crippen LogP contribution in [0.15, 0.2) is 91.0 Å². The molecule has 1 aliphatic rings. The highest BCUT2D eigenvalue weighted by atomic mass is 16.5. The molecule has 0 spiro atoms. The zero-order chi connectivity index (χ0) is 23.9. The topological polar surface area (TPSA) is 70.5 Å². The second-order valence-electron chi connectivity index (χ2n) is 9.97. The van der Waals surface area contributed by atoms with Crippen molar-refractivity contribution in [1.29, 1.82) is 0 Å². The van der Waals surface area contributed by atoms with E-state index in [1.165, 1.54) is 16.7 Å². The SMILES string of the molecule is CC1(C)CC(C)(c2ccc(Oc3cccc(N)c3)cc2)c2cc(Oc3cccc(N)c3)ccc21. The van der Waals surface area contributed by atoms with Gasteiger partial charge in [0.15, 0.2) is 0 Å². The fourth-order valence-electron chi connectivity index (χ4n) is 5.28. The molecule has 4 aromatic rings. The molecule has 4 nitrogen and oxygen atoms in total. The summed E-state index contributed by atoms with van der Waals surface area (Å²) in [6.45, 7) is 6.94. The third kappa shape index (κ3) is 4.08. The first-order chi connectivity index (χ1) is 16.2. The molecule has 1 aliphatic carbocycles. The Hall–Kier alpha value is -3.92. The number of benzene rings is 4. The highest BCUT2D eigenvalue weighted by Gasteiger charge is 2.45. The van der Waals surface area contributed by atoms with Crippen LogP contribution in [-0.2, 0) is 10.8 Å². The first-order valence-corrected chi connectivity index (χ1v) is 11.6. The number of ether oxygens (including phenoxy) is 2. The summed E-state index contributed by atoms with van der Waals surface area (Å²) in [5.41, 5.74) is 17.0. The van der Waals surface area contributed by atoms with Crippen LogP contribution in [0.5, 0.6) is 23.0 Å². The van der Waals surface area contributed by atoms with Gasteiger partial charge < -0.3 is 20.9 Å². The van der Waals surface area contributed by atoms with Crippen LogP contribution in [0.25, 0.3) is 0 Å². The van der Waals surface area contributed by atoms with E-state index in [2.05, 4.69) is 51.1 Å². The fraction of sp³-hybridized carbons (Fsp3) is 0.200. The lowest BCUT2D eigenvalue weighted by atomic mass is 9.75. The molecule has 0 saturated heterocycles. The standard InChI is InChI=1S/C30H30N2O2/c1-29(2)19-30(3,20-10-12-23(13-11-20)33-24-8-4-6-21(31)16-24)28-18-26(14-15-27(28)29)34-25-9-5-7-22(32)17-25/h4-18H,19,31-32H2,1-3H3. The maximum absolute atomic E-state index is 6.17. The van der Waals surface area contributed by atoms with Gasteiger partial charge in [0.05, 0.1) is 0 Å². The summed E-state index contributed by atoms with van der Waals surface area (Å²) in [6.07, 6.45) is 1.01. The minimum absolute atomic E-state index is 0.0521. The fourth-order valence-corrected chi connectivity index (χ4v) is 5.28. The van der Waals surface area contributed by atoms with Crippen LogP contribution < -0.4 is 20.9 Å². The molecule has 0 aromatic heterocycles. The van der Waals surface area contributed by atoms with E-state index >= 15 is 0 Å². The van der Waals surface area contributed by atoms with Crippen LogP contribution >= 0.6 is 0 Å². The van der Waals surface area contributed by atoms with Gasteiger partial charge >= 0.3 is 0 Å². The summed E-state index contributed by atoms with van der Waals surface area (Å²) in [4.78, 5) is 0. The van der Waals surface area contributed by atoms with E-state index in [1.54, 1.807) is 0 Å².